The van der Waals surface area contributed by atoms with Crippen molar-refractivity contribution >= 4 is 5.69 Å². The first-order valence-electron chi connectivity index (χ1n) is 7.92. The number of rotatable bonds is 8. The molecule has 3 heteroatoms. The molecule has 1 aromatic carbocycles. The summed E-state index contributed by atoms with van der Waals surface area (Å²) in [5.74, 6) is 1.64. The molecule has 2 rings (SSSR count). The van der Waals surface area contributed by atoms with Crippen LogP contribution in [0.2, 0.25) is 0 Å². The van der Waals surface area contributed by atoms with Gasteiger partial charge >= 0.3 is 0 Å². The van der Waals surface area contributed by atoms with Gasteiger partial charge in [-0.05, 0) is 43.0 Å². The van der Waals surface area contributed by atoms with Crippen molar-refractivity contribution in [3.63, 3.8) is 0 Å². The Morgan fingerprint density at radius 3 is 2.60 bits per heavy atom. The molecule has 0 radical (unpaired) electrons. The summed E-state index contributed by atoms with van der Waals surface area (Å²) in [6, 6.07) is 7.96. The Balaban J connectivity index is 1.69. The molecule has 1 fully saturated rings. The van der Waals surface area contributed by atoms with Crippen molar-refractivity contribution < 1.29 is 9.84 Å². The summed E-state index contributed by atoms with van der Waals surface area (Å²) in [5, 5.41) is 13.4. The van der Waals surface area contributed by atoms with Crippen molar-refractivity contribution in [1.82, 2.24) is 0 Å². The fourth-order valence-electron chi connectivity index (χ4n) is 2.84. The van der Waals surface area contributed by atoms with Gasteiger partial charge in [0, 0.05) is 12.2 Å². The van der Waals surface area contributed by atoms with E-state index in [0.29, 0.717) is 6.54 Å². The number of benzene rings is 1. The van der Waals surface area contributed by atoms with Crippen LogP contribution in [0.3, 0.4) is 0 Å². The van der Waals surface area contributed by atoms with E-state index >= 15 is 0 Å². The summed E-state index contributed by atoms with van der Waals surface area (Å²) >= 11 is 0. The van der Waals surface area contributed by atoms with Crippen molar-refractivity contribution in [2.45, 2.75) is 51.6 Å². The lowest BCUT2D eigenvalue weighted by molar-refractivity contribution is 0.155. The molecule has 1 atom stereocenters. The Bertz CT molecular complexity index is 371. The van der Waals surface area contributed by atoms with Gasteiger partial charge in [0.2, 0.25) is 0 Å². The lowest BCUT2D eigenvalue weighted by atomic mass is 10.00. The van der Waals surface area contributed by atoms with Crippen LogP contribution in [0.15, 0.2) is 24.3 Å². The summed E-state index contributed by atoms with van der Waals surface area (Å²) in [4.78, 5) is 0. The summed E-state index contributed by atoms with van der Waals surface area (Å²) < 4.78 is 5.55. The molecule has 0 spiro atoms. The Morgan fingerprint density at radius 1 is 1.25 bits per heavy atom. The maximum absolute atomic E-state index is 10.1. The van der Waals surface area contributed by atoms with Gasteiger partial charge in [-0.1, -0.05) is 32.6 Å². The lowest BCUT2D eigenvalue weighted by Crippen LogP contribution is -2.21. The zero-order valence-electron chi connectivity index (χ0n) is 12.5. The third-order valence-corrected chi connectivity index (χ3v) is 3.95. The van der Waals surface area contributed by atoms with Crippen molar-refractivity contribution in [3.05, 3.63) is 24.3 Å². The Labute approximate surface area is 122 Å². The van der Waals surface area contributed by atoms with Crippen LogP contribution < -0.4 is 10.1 Å². The average molecular weight is 277 g/mol. The maximum Gasteiger partial charge on any atom is 0.119 e. The molecule has 0 amide bonds. The number of hydrogen-bond donors (Lipinski definition) is 2. The van der Waals surface area contributed by atoms with Gasteiger partial charge in [0.1, 0.15) is 5.75 Å². The van der Waals surface area contributed by atoms with Crippen LogP contribution in [-0.2, 0) is 0 Å². The second-order valence-corrected chi connectivity index (χ2v) is 5.79. The summed E-state index contributed by atoms with van der Waals surface area (Å²) in [6.45, 7) is 3.49. The molecule has 20 heavy (non-hydrogen) atoms. The van der Waals surface area contributed by atoms with Crippen LogP contribution in [0, 0.1) is 5.92 Å². The number of hydrogen-bond acceptors (Lipinski definition) is 3. The van der Waals surface area contributed by atoms with Gasteiger partial charge in [-0.3, -0.25) is 0 Å². The third-order valence-electron chi connectivity index (χ3n) is 3.95. The highest BCUT2D eigenvalue weighted by Gasteiger charge is 2.18. The topological polar surface area (TPSA) is 41.5 Å². The quantitative estimate of drug-likeness (QED) is 0.759. The molecule has 1 unspecified atom stereocenters. The van der Waals surface area contributed by atoms with Gasteiger partial charge in [-0.2, -0.15) is 0 Å². The predicted molar refractivity (Wildman–Crippen MR) is 83.3 cm³/mol. The average Bonchev–Trinajstić information content (AvgIpc) is 2.97. The maximum atomic E-state index is 10.1. The molecule has 0 heterocycles. The standard InChI is InChI=1S/C17H27NO2/c1-2-11-20-17-9-7-15(8-10-17)18-13-16(19)12-14-5-3-4-6-14/h7-10,14,16,18-19H,2-6,11-13H2,1H3. The van der Waals surface area contributed by atoms with Crippen molar-refractivity contribution in [2.24, 2.45) is 5.92 Å². The third kappa shape index (κ3) is 5.04. The van der Waals surface area contributed by atoms with E-state index < -0.39 is 0 Å². The van der Waals surface area contributed by atoms with Crippen LogP contribution >= 0.6 is 0 Å². The van der Waals surface area contributed by atoms with Crippen molar-refractivity contribution in [3.8, 4) is 5.75 Å². The van der Waals surface area contributed by atoms with Crippen LogP contribution in [0.4, 0.5) is 5.69 Å². The molecule has 1 aliphatic rings. The predicted octanol–water partition coefficient (Wildman–Crippen LogP) is 3.83. The molecule has 1 aliphatic carbocycles. The molecule has 0 bridgehead atoms. The fourth-order valence-corrected chi connectivity index (χ4v) is 2.84. The molecule has 0 aliphatic heterocycles. The molecule has 2 N–H and O–H groups in total. The first kappa shape index (κ1) is 15.2. The van der Waals surface area contributed by atoms with E-state index in [0.717, 1.165) is 36.8 Å². The highest BCUT2D eigenvalue weighted by molar-refractivity contribution is 5.46. The van der Waals surface area contributed by atoms with Crippen LogP contribution in [-0.4, -0.2) is 24.4 Å². The summed E-state index contributed by atoms with van der Waals surface area (Å²) in [7, 11) is 0. The largest absolute Gasteiger partial charge is 0.494 e. The van der Waals surface area contributed by atoms with Gasteiger partial charge in [0.25, 0.3) is 0 Å². The van der Waals surface area contributed by atoms with E-state index in [9.17, 15) is 5.11 Å². The first-order valence-corrected chi connectivity index (χ1v) is 7.92. The normalized spacial score (nSPS) is 17.1. The van der Waals surface area contributed by atoms with Crippen LogP contribution in [0.1, 0.15) is 45.4 Å². The van der Waals surface area contributed by atoms with Gasteiger partial charge in [0.05, 0.1) is 12.7 Å². The Morgan fingerprint density at radius 2 is 1.95 bits per heavy atom. The van der Waals surface area contributed by atoms with E-state index in [4.69, 9.17) is 4.74 Å². The molecule has 0 aromatic heterocycles. The minimum absolute atomic E-state index is 0.242. The number of nitrogens with one attached hydrogen (secondary N) is 1. The molecule has 0 saturated heterocycles. The van der Waals surface area contributed by atoms with Gasteiger partial charge in [-0.15, -0.1) is 0 Å². The van der Waals surface area contributed by atoms with Gasteiger partial charge in [0.15, 0.2) is 0 Å². The summed E-state index contributed by atoms with van der Waals surface area (Å²) in [6.07, 6.45) is 6.97. The van der Waals surface area contributed by atoms with Crippen molar-refractivity contribution in [2.75, 3.05) is 18.5 Å². The number of anilines is 1. The lowest BCUT2D eigenvalue weighted by Gasteiger charge is -2.16. The van der Waals surface area contributed by atoms with Gasteiger partial charge < -0.3 is 15.2 Å². The molecular weight excluding hydrogens is 250 g/mol. The highest BCUT2D eigenvalue weighted by atomic mass is 16.5. The highest BCUT2D eigenvalue weighted by Crippen LogP contribution is 2.28. The Kier molecular flexibility index (Phi) is 6.19. The van der Waals surface area contributed by atoms with E-state index in [1.54, 1.807) is 0 Å². The van der Waals surface area contributed by atoms with Gasteiger partial charge in [-0.25, -0.2) is 0 Å². The number of aliphatic hydroxyl groups is 1. The fraction of sp³-hybridized carbons (Fsp3) is 0.647. The second-order valence-electron chi connectivity index (χ2n) is 5.79. The Hall–Kier alpha value is -1.22. The van der Waals surface area contributed by atoms with E-state index in [2.05, 4.69) is 12.2 Å². The minimum atomic E-state index is -0.242. The zero-order chi connectivity index (χ0) is 14.2. The summed E-state index contributed by atoms with van der Waals surface area (Å²) in [5.41, 5.74) is 1.04. The molecule has 112 valence electrons. The van der Waals surface area contributed by atoms with E-state index in [1.165, 1.54) is 25.7 Å². The minimum Gasteiger partial charge on any atom is -0.494 e. The number of aliphatic hydroxyl groups excluding tert-OH is 1. The zero-order valence-corrected chi connectivity index (χ0v) is 12.5. The van der Waals surface area contributed by atoms with E-state index in [1.807, 2.05) is 24.3 Å². The van der Waals surface area contributed by atoms with E-state index in [-0.39, 0.29) is 6.10 Å². The SMILES string of the molecule is CCCOc1ccc(NCC(O)CC2CCCC2)cc1. The second kappa shape index (κ2) is 8.15. The molecule has 1 aromatic rings. The van der Waals surface area contributed by atoms with Crippen LogP contribution in [0.5, 0.6) is 5.75 Å². The first-order chi connectivity index (χ1) is 9.78. The van der Waals surface area contributed by atoms with Crippen molar-refractivity contribution in [1.29, 1.82) is 0 Å². The smallest absolute Gasteiger partial charge is 0.119 e. The number of ether oxygens (including phenoxy) is 1. The molecular formula is C17H27NO2. The monoisotopic (exact) mass is 277 g/mol. The van der Waals surface area contributed by atoms with Crippen LogP contribution in [0.25, 0.3) is 0 Å². The molecule has 3 nitrogen and oxygen atoms in total. The molecule has 1 saturated carbocycles.